The second-order valence-corrected chi connectivity index (χ2v) is 16.1. The van der Waals surface area contributed by atoms with Gasteiger partial charge in [-0.1, -0.05) is 117 Å². The Labute approximate surface area is 242 Å². The number of hydrogen-bond acceptors (Lipinski definition) is 4. The largest absolute Gasteiger partial charge is 2.00 e. The molecule has 2 rings (SSSR count). The fourth-order valence-electron chi connectivity index (χ4n) is 4.99. The topological polar surface area (TPSA) is 72.1 Å². The molecule has 37 heavy (non-hydrogen) atoms. The minimum Gasteiger partial charge on any atom is -0.872 e. The van der Waals surface area contributed by atoms with E-state index in [1.807, 2.05) is 45.0 Å². The van der Waals surface area contributed by atoms with Crippen LogP contribution in [0.3, 0.4) is 0 Å². The fraction of sp³-hybridized carbons (Fsp3) is 0.625. The molecule has 0 saturated heterocycles. The Kier molecular flexibility index (Phi) is 12.4. The Balaban J connectivity index is 0.00000196. The molecule has 0 aromatic heterocycles. The van der Waals surface area contributed by atoms with Crippen molar-refractivity contribution in [3.05, 3.63) is 47.5 Å². The van der Waals surface area contributed by atoms with Gasteiger partial charge in [0.05, 0.1) is 0 Å². The molecule has 5 heteroatoms. The van der Waals surface area contributed by atoms with Crippen LogP contribution in [0.1, 0.15) is 114 Å². The summed E-state index contributed by atoms with van der Waals surface area (Å²) in [7, 11) is 0. The Morgan fingerprint density at radius 1 is 0.595 bits per heavy atom. The first-order chi connectivity index (χ1) is 15.9. The molecule has 0 radical (unpaired) electrons. The maximum Gasteiger partial charge on any atom is 2.00 e. The van der Waals surface area contributed by atoms with E-state index in [4.69, 9.17) is 5.73 Å². The van der Waals surface area contributed by atoms with Gasteiger partial charge < -0.3 is 15.9 Å². The van der Waals surface area contributed by atoms with E-state index in [-0.39, 0.29) is 55.2 Å². The molecule has 0 saturated carbocycles. The van der Waals surface area contributed by atoms with E-state index in [9.17, 15) is 10.2 Å². The molecule has 0 atom stereocenters. The van der Waals surface area contributed by atoms with Gasteiger partial charge in [0, 0.05) is 15.3 Å². The molecule has 212 valence electrons. The van der Waals surface area contributed by atoms with Gasteiger partial charge in [-0.25, -0.2) is 0 Å². The summed E-state index contributed by atoms with van der Waals surface area (Å²) < 4.78 is 0. The average molecular weight is 573 g/mol. The van der Waals surface area contributed by atoms with Crippen LogP contribution in [0.15, 0.2) is 46.2 Å². The quantitative estimate of drug-likeness (QED) is 0.355. The predicted octanol–water partition coefficient (Wildman–Crippen LogP) is 8.15. The Bertz CT molecular complexity index is 927. The van der Waals surface area contributed by atoms with Crippen LogP contribution >= 0.6 is 11.8 Å². The third-order valence-corrected chi connectivity index (χ3v) is 6.69. The van der Waals surface area contributed by atoms with Crippen molar-refractivity contribution >= 4 is 11.8 Å². The van der Waals surface area contributed by atoms with Gasteiger partial charge in [-0.15, -0.1) is 0 Å². The van der Waals surface area contributed by atoms with Crippen LogP contribution in [0.5, 0.6) is 11.5 Å². The normalized spacial score (nSPS) is 12.9. The maximum absolute atomic E-state index is 12.6. The number of nitrogens with two attached hydrogens (primary N) is 1. The molecule has 0 aliphatic heterocycles. The molecule has 0 aliphatic carbocycles. The van der Waals surface area contributed by atoms with Crippen molar-refractivity contribution in [2.45, 2.75) is 129 Å². The summed E-state index contributed by atoms with van der Waals surface area (Å²) in [5, 5.41) is 25.3. The molecule has 3 nitrogen and oxygen atoms in total. The second kappa shape index (κ2) is 12.8. The third kappa shape index (κ3) is 13.5. The molecule has 2 aromatic rings. The zero-order chi connectivity index (χ0) is 28.3. The first kappa shape index (κ1) is 35.8. The van der Waals surface area contributed by atoms with Gasteiger partial charge >= 0.3 is 16.5 Å². The van der Waals surface area contributed by atoms with Crippen molar-refractivity contribution in [2.75, 3.05) is 0 Å². The van der Waals surface area contributed by atoms with Crippen molar-refractivity contribution in [1.82, 2.24) is 0 Å². The Morgan fingerprint density at radius 3 is 1.11 bits per heavy atom. The van der Waals surface area contributed by atoms with Crippen molar-refractivity contribution in [1.29, 1.82) is 0 Å². The van der Waals surface area contributed by atoms with E-state index in [0.717, 1.165) is 24.0 Å². The summed E-state index contributed by atoms with van der Waals surface area (Å²) in [6.45, 7) is 28.2. The third-order valence-electron chi connectivity index (χ3n) is 5.61. The van der Waals surface area contributed by atoms with Crippen LogP contribution in [0.25, 0.3) is 0 Å². The SMILES string of the molecule is CC(C)(C)CC(C)(C)c1ccc([O-])c(Sc2cc(C(C)(C)CC(C)(C)C)ccc2[O-])c1.CC(C)(C)N.[Ni+2]. The standard InChI is InChI=1S/C28H42O2S.C4H11N.Ni/c1-25(2,3)17-27(7,8)19-11-13-21(29)23(15-19)31-24-16-20(12-14-22(24)30)28(9,10)18-26(4,5)6;1-4(2,3)5;/h11-16,29-30H,17-18H2,1-10H3;5H2,1-3H3;/q;;+2/p-2. The van der Waals surface area contributed by atoms with Gasteiger partial charge in [-0.2, -0.15) is 0 Å². The van der Waals surface area contributed by atoms with Crippen LogP contribution in [0.2, 0.25) is 0 Å². The second-order valence-electron chi connectivity index (χ2n) is 15.0. The Morgan fingerprint density at radius 2 is 0.865 bits per heavy atom. The molecule has 2 aromatic carbocycles. The van der Waals surface area contributed by atoms with Crippen molar-refractivity contribution in [2.24, 2.45) is 16.6 Å². The van der Waals surface area contributed by atoms with Gasteiger partial charge in [-0.05, 0) is 78.5 Å². The number of hydrogen-bond donors (Lipinski definition) is 1. The average Bonchev–Trinajstić information content (AvgIpc) is 2.59. The van der Waals surface area contributed by atoms with E-state index in [1.54, 1.807) is 12.1 Å². The van der Waals surface area contributed by atoms with Crippen LogP contribution in [0.4, 0.5) is 0 Å². The molecule has 0 unspecified atom stereocenters. The van der Waals surface area contributed by atoms with Crippen LogP contribution in [0, 0.1) is 10.8 Å². The van der Waals surface area contributed by atoms with Crippen molar-refractivity contribution in [3.63, 3.8) is 0 Å². The molecule has 2 N–H and O–H groups in total. The predicted molar refractivity (Wildman–Crippen MR) is 154 cm³/mol. The molecular weight excluding hydrogens is 521 g/mol. The number of rotatable bonds is 6. The molecule has 0 spiro atoms. The van der Waals surface area contributed by atoms with Gasteiger partial charge in [0.15, 0.2) is 0 Å². The molecule has 0 bridgehead atoms. The van der Waals surface area contributed by atoms with E-state index >= 15 is 0 Å². The zero-order valence-corrected chi connectivity index (χ0v) is 27.3. The molecular formula is C32H51NNiO2S. The molecule has 0 heterocycles. The van der Waals surface area contributed by atoms with Crippen LogP contribution < -0.4 is 15.9 Å². The van der Waals surface area contributed by atoms with Gasteiger partial charge in [0.1, 0.15) is 0 Å². The first-order valence-electron chi connectivity index (χ1n) is 13.0. The van der Waals surface area contributed by atoms with Gasteiger partial charge in [0.2, 0.25) is 0 Å². The minimum absolute atomic E-state index is 0. The van der Waals surface area contributed by atoms with Crippen molar-refractivity contribution < 1.29 is 26.7 Å². The summed E-state index contributed by atoms with van der Waals surface area (Å²) >= 11 is 1.31. The summed E-state index contributed by atoms with van der Waals surface area (Å²) in [5.74, 6) is -0.0573. The minimum atomic E-state index is -0.0574. The summed E-state index contributed by atoms with van der Waals surface area (Å²) in [6.07, 6.45) is 2.01. The van der Waals surface area contributed by atoms with Gasteiger partial charge in [-0.3, -0.25) is 0 Å². The van der Waals surface area contributed by atoms with Gasteiger partial charge in [0.25, 0.3) is 0 Å². The van der Waals surface area contributed by atoms with E-state index in [1.165, 1.54) is 11.8 Å². The molecule has 0 aliphatic rings. The monoisotopic (exact) mass is 571 g/mol. The molecule has 0 amide bonds. The van der Waals surface area contributed by atoms with Crippen LogP contribution in [-0.2, 0) is 27.3 Å². The van der Waals surface area contributed by atoms with E-state index in [2.05, 4.69) is 69.2 Å². The van der Waals surface area contributed by atoms with Crippen LogP contribution in [-0.4, -0.2) is 5.54 Å². The smallest absolute Gasteiger partial charge is 0.872 e. The summed E-state index contributed by atoms with van der Waals surface area (Å²) in [6, 6.07) is 11.2. The van der Waals surface area contributed by atoms with Crippen molar-refractivity contribution in [3.8, 4) is 11.5 Å². The Hall–Kier alpha value is -1.16. The molecule has 0 fully saturated rings. The fourth-order valence-corrected chi connectivity index (χ4v) is 5.94. The van der Waals surface area contributed by atoms with E-state index in [0.29, 0.717) is 9.79 Å². The summed E-state index contributed by atoms with van der Waals surface area (Å²) in [4.78, 5) is 1.25. The maximum atomic E-state index is 12.6. The first-order valence-corrected chi connectivity index (χ1v) is 13.8. The zero-order valence-electron chi connectivity index (χ0n) is 25.5. The number of benzene rings is 2. The summed E-state index contributed by atoms with van der Waals surface area (Å²) in [5.41, 5.74) is 7.88. The van der Waals surface area contributed by atoms with E-state index < -0.39 is 0 Å².